The van der Waals surface area contributed by atoms with Crippen LogP contribution in [0.4, 0.5) is 0 Å². The first-order valence-corrected chi connectivity index (χ1v) is 19.1. The van der Waals surface area contributed by atoms with Crippen molar-refractivity contribution in [3.8, 4) is 0 Å². The van der Waals surface area contributed by atoms with Crippen LogP contribution in [-0.2, 0) is 0 Å². The summed E-state index contributed by atoms with van der Waals surface area (Å²) in [4.78, 5) is 0. The molecule has 192 valence electrons. The predicted molar refractivity (Wildman–Crippen MR) is 176 cm³/mol. The van der Waals surface area contributed by atoms with E-state index in [9.17, 15) is 0 Å². The third-order valence-electron chi connectivity index (χ3n) is 6.79. The summed E-state index contributed by atoms with van der Waals surface area (Å²) >= 11 is 15.2. The average Bonchev–Trinajstić information content (AvgIpc) is 3.84. The third-order valence-corrected chi connectivity index (χ3v) is 17.0. The zero-order chi connectivity index (χ0) is 26.2. The van der Waals surface area contributed by atoms with Crippen molar-refractivity contribution in [2.45, 2.75) is 0 Å². The van der Waals surface area contributed by atoms with Gasteiger partial charge in [0.05, 0.1) is 0 Å². The highest BCUT2D eigenvalue weighted by atomic mass is 32.1. The largest absolute Gasteiger partial charge is 0.134 e. The molecule has 40 heavy (non-hydrogen) atoms. The Bertz CT molecular complexity index is 2210. The molecule has 0 spiro atoms. The maximum absolute atomic E-state index is 2.29. The van der Waals surface area contributed by atoms with Crippen molar-refractivity contribution in [3.05, 3.63) is 170 Å². The van der Waals surface area contributed by atoms with Crippen molar-refractivity contribution in [2.75, 3.05) is 0 Å². The quantitative estimate of drug-likeness (QED) is 0.152. The van der Waals surface area contributed by atoms with Crippen molar-refractivity contribution in [1.82, 2.24) is 0 Å². The Morgan fingerprint density at radius 3 is 0.300 bits per heavy atom. The van der Waals surface area contributed by atoms with Crippen molar-refractivity contribution in [1.29, 1.82) is 0 Å². The minimum absolute atomic E-state index is 1.34. The number of thiophene rings is 8. The van der Waals surface area contributed by atoms with E-state index >= 15 is 0 Å². The zero-order valence-corrected chi connectivity index (χ0v) is 27.0. The molecule has 0 N–H and O–H groups in total. The van der Waals surface area contributed by atoms with E-state index in [4.69, 9.17) is 0 Å². The molecule has 0 radical (unpaired) electrons. The first kappa shape index (κ1) is 24.2. The first-order valence-electron chi connectivity index (χ1n) is 12.6. The van der Waals surface area contributed by atoms with Gasteiger partial charge in [-0.1, -0.05) is 0 Å². The van der Waals surface area contributed by atoms with Gasteiger partial charge in [0.1, 0.15) is 0 Å². The second-order valence-corrected chi connectivity index (χ2v) is 18.0. The number of hydrogen-bond donors (Lipinski definition) is 0. The summed E-state index contributed by atoms with van der Waals surface area (Å²) < 4.78 is 21.5. The Hall–Kier alpha value is -2.40. The minimum Gasteiger partial charge on any atom is -0.134 e. The van der Waals surface area contributed by atoms with Crippen molar-refractivity contribution < 1.29 is 0 Å². The fourth-order valence-corrected chi connectivity index (χ4v) is 13.6. The molecule has 0 amide bonds. The highest BCUT2D eigenvalue weighted by molar-refractivity contribution is 7.16. The van der Waals surface area contributed by atoms with Crippen LogP contribution in [0.1, 0.15) is 0 Å². The van der Waals surface area contributed by atoms with Gasteiger partial charge >= 0.3 is 0 Å². The summed E-state index contributed by atoms with van der Waals surface area (Å²) in [6, 6.07) is 36.6. The third kappa shape index (κ3) is 4.13. The van der Waals surface area contributed by atoms with Gasteiger partial charge in [0.15, 0.2) is 0 Å². The SMILES string of the molecule is c1cc2sc1=c1ccc(s1)=c1ccc(s1)=c1ccc(s1)=c1ccc(s1)=c1ccc(s1)=c1ccc(s1)=c1ccc=2s1. The molecule has 0 atom stereocenters. The van der Waals surface area contributed by atoms with E-state index in [1.165, 1.54) is 72.5 Å². The van der Waals surface area contributed by atoms with Crippen LogP contribution in [-0.4, -0.2) is 0 Å². The fourth-order valence-electron chi connectivity index (χ4n) is 4.82. The van der Waals surface area contributed by atoms with E-state index in [1.54, 1.807) is 0 Å². The van der Waals surface area contributed by atoms with Crippen LogP contribution in [0.25, 0.3) is 0 Å². The summed E-state index contributed by atoms with van der Waals surface area (Å²) in [6.07, 6.45) is 0. The van der Waals surface area contributed by atoms with E-state index in [0.29, 0.717) is 0 Å². The second-order valence-electron chi connectivity index (χ2n) is 9.31. The summed E-state index contributed by atoms with van der Waals surface area (Å²) in [7, 11) is 0. The molecule has 8 heteroatoms. The van der Waals surface area contributed by atoms with E-state index in [0.717, 1.165) is 0 Å². The molecule has 1 aliphatic rings. The van der Waals surface area contributed by atoms with Crippen LogP contribution < -0.4 is 0 Å². The number of hydrogen-bond acceptors (Lipinski definition) is 8. The monoisotopic (exact) mass is 656 g/mol. The van der Waals surface area contributed by atoms with Crippen LogP contribution in [0.15, 0.2) is 97.1 Å². The van der Waals surface area contributed by atoms with Crippen molar-refractivity contribution >= 4 is 90.7 Å². The molecule has 0 unspecified atom stereocenters. The topological polar surface area (TPSA) is 0 Å². The lowest BCUT2D eigenvalue weighted by Crippen LogP contribution is -1.52. The second kappa shape index (κ2) is 9.58. The molecule has 0 nitrogen and oxygen atoms in total. The Kier molecular flexibility index (Phi) is 5.80. The van der Waals surface area contributed by atoms with E-state index in [1.807, 2.05) is 90.7 Å². The van der Waals surface area contributed by atoms with Gasteiger partial charge in [-0.05, 0) is 97.1 Å². The van der Waals surface area contributed by atoms with Crippen molar-refractivity contribution in [3.63, 3.8) is 0 Å². The molecule has 0 saturated heterocycles. The lowest BCUT2D eigenvalue weighted by atomic mass is 10.4. The van der Waals surface area contributed by atoms with E-state index in [-0.39, 0.29) is 0 Å². The lowest BCUT2D eigenvalue weighted by Gasteiger charge is -1.75. The maximum atomic E-state index is 2.29. The highest BCUT2D eigenvalue weighted by Crippen LogP contribution is 2.22. The molecule has 16 bridgehead atoms. The van der Waals surface area contributed by atoms with Gasteiger partial charge in [-0.3, -0.25) is 0 Å². The molecule has 0 fully saturated rings. The van der Waals surface area contributed by atoms with Gasteiger partial charge in [-0.15, -0.1) is 90.7 Å². The standard InChI is InChI=1S/C32H16S8/c1-2-18-20-5-6-23(35-20)24-9-10-27(37-24)28-13-14-31(39-28)32-16-15-30(40-32)29-12-11-26(38-29)25-8-7-22(36-25)21-4-3-19(34-21)17(1)33-18/h1-16H. The molecule has 0 aliphatic carbocycles. The van der Waals surface area contributed by atoms with Crippen LogP contribution in [0.3, 0.4) is 0 Å². The maximum Gasteiger partial charge on any atom is 0.0449 e. The Morgan fingerprint density at radius 2 is 0.225 bits per heavy atom. The lowest BCUT2D eigenvalue weighted by molar-refractivity contribution is 1.72. The minimum atomic E-state index is 1.34. The van der Waals surface area contributed by atoms with Crippen LogP contribution in [0, 0.1) is 72.5 Å². The van der Waals surface area contributed by atoms with Crippen molar-refractivity contribution in [2.24, 2.45) is 0 Å². The normalized spacial score (nSPS) is 12.0. The van der Waals surface area contributed by atoms with Gasteiger partial charge in [0.25, 0.3) is 0 Å². The predicted octanol–water partition coefficient (Wildman–Crippen LogP) is 10.8. The fraction of sp³-hybridized carbons (Fsp3) is 0. The molecule has 1 aliphatic heterocycles. The molecule has 0 saturated carbocycles. The van der Waals surface area contributed by atoms with Crippen LogP contribution in [0.5, 0.6) is 0 Å². The summed E-state index contributed by atoms with van der Waals surface area (Å²) in [5.74, 6) is 0. The summed E-state index contributed by atoms with van der Waals surface area (Å²) in [6.45, 7) is 0. The van der Waals surface area contributed by atoms with Crippen LogP contribution >= 0.6 is 90.7 Å². The Balaban J connectivity index is 1.47. The molecule has 9 heterocycles. The van der Waals surface area contributed by atoms with Gasteiger partial charge in [-0.25, -0.2) is 0 Å². The van der Waals surface area contributed by atoms with E-state index < -0.39 is 0 Å². The molecule has 8 aromatic rings. The smallest absolute Gasteiger partial charge is 0.0449 e. The molecular formula is C32H16S8. The van der Waals surface area contributed by atoms with E-state index in [2.05, 4.69) is 97.1 Å². The Morgan fingerprint density at radius 1 is 0.150 bits per heavy atom. The highest BCUT2D eigenvalue weighted by Gasteiger charge is 1.99. The molecule has 0 aromatic carbocycles. The summed E-state index contributed by atoms with van der Waals surface area (Å²) in [5, 5.41) is 0. The molecular weight excluding hydrogens is 641 g/mol. The number of rotatable bonds is 0. The zero-order valence-electron chi connectivity index (χ0n) is 20.5. The van der Waals surface area contributed by atoms with Gasteiger partial charge in [0, 0.05) is 72.5 Å². The van der Waals surface area contributed by atoms with Gasteiger partial charge < -0.3 is 0 Å². The number of fused-ring (bicyclic) bond motifs is 16. The average molecular weight is 657 g/mol. The molecule has 9 rings (SSSR count). The van der Waals surface area contributed by atoms with Crippen LogP contribution in [0.2, 0.25) is 0 Å². The van der Waals surface area contributed by atoms with Gasteiger partial charge in [-0.2, -0.15) is 0 Å². The van der Waals surface area contributed by atoms with Gasteiger partial charge in [0.2, 0.25) is 0 Å². The Labute approximate surface area is 257 Å². The first-order chi connectivity index (χ1) is 19.7. The summed E-state index contributed by atoms with van der Waals surface area (Å²) in [5.41, 5.74) is 0. The molecule has 8 aromatic heterocycles.